The molecule has 1 N–H and O–H groups in total. The Kier molecular flexibility index (Phi) is 2.23. The van der Waals surface area contributed by atoms with Gasteiger partial charge in [0.15, 0.2) is 0 Å². The van der Waals surface area contributed by atoms with Crippen LogP contribution in [0.25, 0.3) is 0 Å². The van der Waals surface area contributed by atoms with E-state index in [1.807, 2.05) is 7.05 Å². The van der Waals surface area contributed by atoms with E-state index in [-0.39, 0.29) is 0 Å². The highest BCUT2D eigenvalue weighted by Gasteiger charge is 2.18. The lowest BCUT2D eigenvalue weighted by Gasteiger charge is -2.03. The van der Waals surface area contributed by atoms with Crippen molar-refractivity contribution in [3.8, 4) is 5.75 Å². The maximum absolute atomic E-state index is 5.62. The summed E-state index contributed by atoms with van der Waals surface area (Å²) in [5.41, 5.74) is 2.68. The summed E-state index contributed by atoms with van der Waals surface area (Å²) < 4.78 is 5.62. The second kappa shape index (κ2) is 3.38. The normalized spacial score (nSPS) is 19.7. The van der Waals surface area contributed by atoms with E-state index in [2.05, 4.69) is 30.4 Å². The van der Waals surface area contributed by atoms with Gasteiger partial charge in [-0.25, -0.2) is 0 Å². The van der Waals surface area contributed by atoms with Crippen LogP contribution in [0.15, 0.2) is 18.2 Å². The third kappa shape index (κ3) is 1.68. The van der Waals surface area contributed by atoms with Crippen LogP contribution in [0, 0.1) is 0 Å². The Morgan fingerprint density at radius 2 is 2.38 bits per heavy atom. The van der Waals surface area contributed by atoms with Gasteiger partial charge in [0, 0.05) is 13.0 Å². The molecule has 0 amide bonds. The zero-order chi connectivity index (χ0) is 9.26. The summed E-state index contributed by atoms with van der Waals surface area (Å²) in [6.45, 7) is 3.04. The summed E-state index contributed by atoms with van der Waals surface area (Å²) >= 11 is 0. The molecule has 2 rings (SSSR count). The first-order valence-corrected chi connectivity index (χ1v) is 4.72. The highest BCUT2D eigenvalue weighted by Crippen LogP contribution is 2.29. The van der Waals surface area contributed by atoms with Crippen LogP contribution in [-0.4, -0.2) is 13.2 Å². The Bertz CT molecular complexity index is 309. The maximum atomic E-state index is 5.62. The molecule has 1 aliphatic heterocycles. The predicted octanol–water partition coefficient (Wildman–Crippen LogP) is 1.73. The summed E-state index contributed by atoms with van der Waals surface area (Å²) in [6.07, 6.45) is 1.40. The van der Waals surface area contributed by atoms with Gasteiger partial charge in [-0.1, -0.05) is 12.1 Å². The molecule has 1 aromatic rings. The lowest BCUT2D eigenvalue weighted by Crippen LogP contribution is -2.05. The molecular formula is C11H15NO. The molecule has 70 valence electrons. The number of ether oxygens (including phenoxy) is 1. The molecule has 0 spiro atoms. The lowest BCUT2D eigenvalue weighted by atomic mass is 10.1. The van der Waals surface area contributed by atoms with Crippen molar-refractivity contribution in [2.24, 2.45) is 0 Å². The summed E-state index contributed by atoms with van der Waals surface area (Å²) in [5.74, 6) is 1.06. The van der Waals surface area contributed by atoms with Gasteiger partial charge in [0.2, 0.25) is 0 Å². The van der Waals surface area contributed by atoms with Gasteiger partial charge in [0.25, 0.3) is 0 Å². The monoisotopic (exact) mass is 177 g/mol. The van der Waals surface area contributed by atoms with Gasteiger partial charge in [-0.3, -0.25) is 0 Å². The lowest BCUT2D eigenvalue weighted by molar-refractivity contribution is 0.254. The van der Waals surface area contributed by atoms with Crippen LogP contribution in [0.2, 0.25) is 0 Å². The van der Waals surface area contributed by atoms with Crippen molar-refractivity contribution < 1.29 is 4.74 Å². The average molecular weight is 177 g/mol. The second-order valence-electron chi connectivity index (χ2n) is 3.60. The molecular weight excluding hydrogens is 162 g/mol. The van der Waals surface area contributed by atoms with Crippen molar-refractivity contribution in [2.45, 2.75) is 26.0 Å². The molecule has 1 aromatic carbocycles. The van der Waals surface area contributed by atoms with Crippen LogP contribution < -0.4 is 10.1 Å². The summed E-state index contributed by atoms with van der Waals surface area (Å²) in [7, 11) is 1.96. The van der Waals surface area contributed by atoms with Crippen LogP contribution >= 0.6 is 0 Å². The number of hydrogen-bond donors (Lipinski definition) is 1. The molecule has 1 atom stereocenters. The van der Waals surface area contributed by atoms with Gasteiger partial charge in [-0.15, -0.1) is 0 Å². The highest BCUT2D eigenvalue weighted by molar-refractivity contribution is 5.40. The summed E-state index contributed by atoms with van der Waals surface area (Å²) in [6, 6.07) is 6.42. The average Bonchev–Trinajstić information content (AvgIpc) is 2.44. The molecule has 1 aliphatic rings. The van der Waals surface area contributed by atoms with Gasteiger partial charge in [0.1, 0.15) is 11.9 Å². The molecule has 0 aliphatic carbocycles. The fourth-order valence-corrected chi connectivity index (χ4v) is 1.79. The SMILES string of the molecule is CNCc1ccc2c(c1)C[C@@H](C)O2. The number of rotatable bonds is 2. The number of hydrogen-bond acceptors (Lipinski definition) is 2. The first-order chi connectivity index (χ1) is 6.29. The Balaban J connectivity index is 2.24. The molecule has 1 heterocycles. The molecule has 2 heteroatoms. The molecule has 0 saturated carbocycles. The highest BCUT2D eigenvalue weighted by atomic mass is 16.5. The minimum absolute atomic E-state index is 0.347. The van der Waals surface area contributed by atoms with Crippen molar-refractivity contribution in [1.82, 2.24) is 5.32 Å². The van der Waals surface area contributed by atoms with Gasteiger partial charge in [-0.05, 0) is 31.2 Å². The van der Waals surface area contributed by atoms with Gasteiger partial charge in [-0.2, -0.15) is 0 Å². The Hall–Kier alpha value is -1.02. The van der Waals surface area contributed by atoms with Gasteiger partial charge >= 0.3 is 0 Å². The zero-order valence-electron chi connectivity index (χ0n) is 8.13. The van der Waals surface area contributed by atoms with Crippen LogP contribution in [-0.2, 0) is 13.0 Å². The summed E-state index contributed by atoms with van der Waals surface area (Å²) in [4.78, 5) is 0. The molecule has 0 bridgehead atoms. The third-order valence-corrected chi connectivity index (χ3v) is 2.34. The molecule has 0 unspecified atom stereocenters. The van der Waals surface area contributed by atoms with E-state index in [9.17, 15) is 0 Å². The van der Waals surface area contributed by atoms with Crippen molar-refractivity contribution in [2.75, 3.05) is 7.05 Å². The minimum Gasteiger partial charge on any atom is -0.490 e. The van der Waals surface area contributed by atoms with E-state index in [1.165, 1.54) is 11.1 Å². The van der Waals surface area contributed by atoms with Crippen LogP contribution in [0.1, 0.15) is 18.1 Å². The van der Waals surface area contributed by atoms with E-state index in [0.717, 1.165) is 18.7 Å². The standard InChI is InChI=1S/C11H15NO/c1-8-5-10-6-9(7-12-2)3-4-11(10)13-8/h3-4,6,8,12H,5,7H2,1-2H3/t8-/m1/s1. The Morgan fingerprint density at radius 1 is 1.54 bits per heavy atom. The van der Waals surface area contributed by atoms with Crippen molar-refractivity contribution in [3.63, 3.8) is 0 Å². The Labute approximate surface area is 78.9 Å². The summed E-state index contributed by atoms with van der Waals surface area (Å²) in [5, 5.41) is 3.15. The van der Waals surface area contributed by atoms with E-state index in [1.54, 1.807) is 0 Å². The van der Waals surface area contributed by atoms with Crippen LogP contribution in [0.3, 0.4) is 0 Å². The molecule has 2 nitrogen and oxygen atoms in total. The van der Waals surface area contributed by atoms with E-state index in [4.69, 9.17) is 4.74 Å². The first-order valence-electron chi connectivity index (χ1n) is 4.72. The van der Waals surface area contributed by atoms with Crippen LogP contribution in [0.4, 0.5) is 0 Å². The van der Waals surface area contributed by atoms with Crippen molar-refractivity contribution in [3.05, 3.63) is 29.3 Å². The fraction of sp³-hybridized carbons (Fsp3) is 0.455. The number of fused-ring (bicyclic) bond motifs is 1. The van der Waals surface area contributed by atoms with E-state index < -0.39 is 0 Å². The molecule has 0 aromatic heterocycles. The van der Waals surface area contributed by atoms with Gasteiger partial charge < -0.3 is 10.1 Å². The Morgan fingerprint density at radius 3 is 3.15 bits per heavy atom. The second-order valence-corrected chi connectivity index (χ2v) is 3.60. The fourth-order valence-electron chi connectivity index (χ4n) is 1.79. The topological polar surface area (TPSA) is 21.3 Å². The third-order valence-electron chi connectivity index (χ3n) is 2.34. The minimum atomic E-state index is 0.347. The van der Waals surface area contributed by atoms with Crippen molar-refractivity contribution >= 4 is 0 Å². The zero-order valence-corrected chi connectivity index (χ0v) is 8.13. The first kappa shape index (κ1) is 8.57. The van der Waals surface area contributed by atoms with E-state index in [0.29, 0.717) is 6.10 Å². The van der Waals surface area contributed by atoms with Crippen molar-refractivity contribution in [1.29, 1.82) is 0 Å². The predicted molar refractivity (Wildman–Crippen MR) is 53.0 cm³/mol. The smallest absolute Gasteiger partial charge is 0.123 e. The van der Waals surface area contributed by atoms with Gasteiger partial charge in [0.05, 0.1) is 0 Å². The maximum Gasteiger partial charge on any atom is 0.123 e. The number of benzene rings is 1. The molecule has 0 fully saturated rings. The quantitative estimate of drug-likeness (QED) is 0.742. The largest absolute Gasteiger partial charge is 0.490 e. The molecule has 13 heavy (non-hydrogen) atoms. The van der Waals surface area contributed by atoms with E-state index >= 15 is 0 Å². The molecule has 0 radical (unpaired) electrons. The van der Waals surface area contributed by atoms with Crippen LogP contribution in [0.5, 0.6) is 5.75 Å². The number of nitrogens with one attached hydrogen (secondary N) is 1. The molecule has 0 saturated heterocycles.